The van der Waals surface area contributed by atoms with Crippen LogP contribution in [0, 0.1) is 11.7 Å². The number of carbonyl (C=O) groups is 2. The SMILES string of the molecule is O=C(O)C1CCC(NC(=O)C(Sc2ccccc2F)c2ccccc2)CC1. The summed E-state index contributed by atoms with van der Waals surface area (Å²) in [4.78, 5) is 24.5. The average Bonchev–Trinajstić information content (AvgIpc) is 2.68. The van der Waals surface area contributed by atoms with E-state index in [0.717, 1.165) is 5.56 Å². The van der Waals surface area contributed by atoms with Gasteiger partial charge in [-0.2, -0.15) is 0 Å². The summed E-state index contributed by atoms with van der Waals surface area (Å²) < 4.78 is 14.1. The summed E-state index contributed by atoms with van der Waals surface area (Å²) in [5, 5.41) is 11.6. The standard InChI is InChI=1S/C21H22FNO3S/c22-17-8-4-5-9-18(17)27-19(14-6-2-1-3-7-14)20(24)23-16-12-10-15(11-13-16)21(25)26/h1-9,15-16,19H,10-13H2,(H,23,24)(H,25,26). The van der Waals surface area contributed by atoms with E-state index in [4.69, 9.17) is 5.11 Å². The molecule has 0 aromatic heterocycles. The van der Waals surface area contributed by atoms with Crippen molar-refractivity contribution in [3.8, 4) is 0 Å². The van der Waals surface area contributed by atoms with E-state index < -0.39 is 11.2 Å². The molecule has 1 saturated carbocycles. The Hall–Kier alpha value is -2.34. The Balaban J connectivity index is 1.72. The minimum Gasteiger partial charge on any atom is -0.481 e. The predicted octanol–water partition coefficient (Wildman–Crippen LogP) is 4.42. The zero-order valence-corrected chi connectivity index (χ0v) is 15.6. The number of benzene rings is 2. The highest BCUT2D eigenvalue weighted by atomic mass is 32.2. The summed E-state index contributed by atoms with van der Waals surface area (Å²) in [6.07, 6.45) is 2.43. The molecule has 0 saturated heterocycles. The van der Waals surface area contributed by atoms with Gasteiger partial charge in [0.2, 0.25) is 5.91 Å². The number of hydrogen-bond donors (Lipinski definition) is 2. The smallest absolute Gasteiger partial charge is 0.306 e. The maximum atomic E-state index is 14.1. The Kier molecular flexibility index (Phi) is 6.50. The van der Waals surface area contributed by atoms with E-state index in [0.29, 0.717) is 30.6 Å². The Bertz CT molecular complexity index is 791. The zero-order valence-electron chi connectivity index (χ0n) is 14.8. The van der Waals surface area contributed by atoms with Gasteiger partial charge in [0.25, 0.3) is 0 Å². The number of aliphatic carboxylic acids is 1. The van der Waals surface area contributed by atoms with Gasteiger partial charge in [-0.1, -0.05) is 42.5 Å². The summed E-state index contributed by atoms with van der Waals surface area (Å²) in [6.45, 7) is 0. The van der Waals surface area contributed by atoms with Gasteiger partial charge in [-0.05, 0) is 43.4 Å². The fourth-order valence-corrected chi connectivity index (χ4v) is 4.39. The molecule has 2 aromatic carbocycles. The second-order valence-electron chi connectivity index (χ2n) is 6.73. The van der Waals surface area contributed by atoms with Crippen molar-refractivity contribution in [3.05, 3.63) is 66.0 Å². The van der Waals surface area contributed by atoms with Crippen LogP contribution in [0.4, 0.5) is 4.39 Å². The number of halogens is 1. The highest BCUT2D eigenvalue weighted by Gasteiger charge is 2.29. The van der Waals surface area contributed by atoms with Crippen molar-refractivity contribution >= 4 is 23.6 Å². The molecule has 0 spiro atoms. The first-order valence-corrected chi connectivity index (χ1v) is 9.92. The molecule has 3 rings (SSSR count). The van der Waals surface area contributed by atoms with Crippen LogP contribution in [-0.2, 0) is 9.59 Å². The van der Waals surface area contributed by atoms with E-state index in [2.05, 4.69) is 5.32 Å². The van der Waals surface area contributed by atoms with E-state index in [9.17, 15) is 14.0 Å². The molecule has 142 valence electrons. The third-order valence-corrected chi connectivity index (χ3v) is 6.15. The van der Waals surface area contributed by atoms with Crippen molar-refractivity contribution in [2.45, 2.75) is 41.9 Å². The van der Waals surface area contributed by atoms with Crippen molar-refractivity contribution in [2.75, 3.05) is 0 Å². The first-order valence-electron chi connectivity index (χ1n) is 9.04. The normalized spacial score (nSPS) is 20.6. The molecule has 1 atom stereocenters. The van der Waals surface area contributed by atoms with Crippen molar-refractivity contribution in [3.63, 3.8) is 0 Å². The van der Waals surface area contributed by atoms with Crippen LogP contribution in [0.15, 0.2) is 59.5 Å². The summed E-state index contributed by atoms with van der Waals surface area (Å²) in [5.41, 5.74) is 0.808. The molecule has 27 heavy (non-hydrogen) atoms. The molecular weight excluding hydrogens is 365 g/mol. The molecule has 1 amide bonds. The maximum absolute atomic E-state index is 14.1. The van der Waals surface area contributed by atoms with Crippen LogP contribution in [0.25, 0.3) is 0 Å². The highest BCUT2D eigenvalue weighted by molar-refractivity contribution is 8.00. The van der Waals surface area contributed by atoms with Gasteiger partial charge in [0, 0.05) is 10.9 Å². The van der Waals surface area contributed by atoms with Gasteiger partial charge in [0.15, 0.2) is 0 Å². The average molecular weight is 387 g/mol. The molecule has 0 bridgehead atoms. The van der Waals surface area contributed by atoms with Crippen molar-refractivity contribution in [1.82, 2.24) is 5.32 Å². The fraction of sp³-hybridized carbons (Fsp3) is 0.333. The molecule has 0 heterocycles. The van der Waals surface area contributed by atoms with Crippen molar-refractivity contribution in [1.29, 1.82) is 0 Å². The summed E-state index contributed by atoms with van der Waals surface area (Å²) in [5.74, 6) is -1.61. The van der Waals surface area contributed by atoms with Crippen LogP contribution >= 0.6 is 11.8 Å². The van der Waals surface area contributed by atoms with Crippen molar-refractivity contribution < 1.29 is 19.1 Å². The van der Waals surface area contributed by atoms with E-state index in [1.165, 1.54) is 17.8 Å². The number of thioether (sulfide) groups is 1. The number of hydrogen-bond acceptors (Lipinski definition) is 3. The highest BCUT2D eigenvalue weighted by Crippen LogP contribution is 2.37. The van der Waals surface area contributed by atoms with Crippen LogP contribution in [0.5, 0.6) is 0 Å². The lowest BCUT2D eigenvalue weighted by molar-refractivity contribution is -0.142. The third kappa shape index (κ3) is 5.10. The number of nitrogens with one attached hydrogen (secondary N) is 1. The van der Waals surface area contributed by atoms with Gasteiger partial charge < -0.3 is 10.4 Å². The number of carbonyl (C=O) groups excluding carboxylic acids is 1. The Morgan fingerprint density at radius 3 is 2.26 bits per heavy atom. The van der Waals surface area contributed by atoms with Gasteiger partial charge in [0.1, 0.15) is 11.1 Å². The van der Waals surface area contributed by atoms with E-state index in [1.54, 1.807) is 18.2 Å². The van der Waals surface area contributed by atoms with Crippen molar-refractivity contribution in [2.24, 2.45) is 5.92 Å². The van der Waals surface area contributed by atoms with E-state index in [-0.39, 0.29) is 23.7 Å². The van der Waals surface area contributed by atoms with Crippen LogP contribution in [0.2, 0.25) is 0 Å². The maximum Gasteiger partial charge on any atom is 0.306 e. The van der Waals surface area contributed by atoms with Gasteiger partial charge in [-0.25, -0.2) is 4.39 Å². The van der Waals surface area contributed by atoms with E-state index in [1.807, 2.05) is 30.3 Å². The molecule has 1 unspecified atom stereocenters. The number of rotatable bonds is 6. The minimum absolute atomic E-state index is 0.0412. The summed E-state index contributed by atoms with van der Waals surface area (Å²) >= 11 is 1.19. The molecular formula is C21H22FNO3S. The Labute approximate surface area is 162 Å². The van der Waals surface area contributed by atoms with Gasteiger partial charge >= 0.3 is 5.97 Å². The van der Waals surface area contributed by atoms with Gasteiger partial charge in [0.05, 0.1) is 5.92 Å². The zero-order chi connectivity index (χ0) is 19.2. The quantitative estimate of drug-likeness (QED) is 0.720. The lowest BCUT2D eigenvalue weighted by atomic mass is 9.86. The summed E-state index contributed by atoms with van der Waals surface area (Å²) in [7, 11) is 0. The Morgan fingerprint density at radius 1 is 1.00 bits per heavy atom. The third-order valence-electron chi connectivity index (χ3n) is 4.84. The first-order chi connectivity index (χ1) is 13.0. The van der Waals surface area contributed by atoms with Crippen LogP contribution in [0.1, 0.15) is 36.5 Å². The predicted molar refractivity (Wildman–Crippen MR) is 103 cm³/mol. The first kappa shape index (κ1) is 19.4. The van der Waals surface area contributed by atoms with E-state index >= 15 is 0 Å². The van der Waals surface area contributed by atoms with Crippen LogP contribution in [0.3, 0.4) is 0 Å². The largest absolute Gasteiger partial charge is 0.481 e. The molecule has 0 radical (unpaired) electrons. The number of carboxylic acid groups (broad SMARTS) is 1. The molecule has 2 N–H and O–H groups in total. The molecule has 2 aromatic rings. The monoisotopic (exact) mass is 387 g/mol. The lowest BCUT2D eigenvalue weighted by Crippen LogP contribution is -2.40. The van der Waals surface area contributed by atoms with Crippen LogP contribution in [-0.4, -0.2) is 23.0 Å². The fourth-order valence-electron chi connectivity index (χ4n) is 3.33. The molecule has 1 fully saturated rings. The molecule has 1 aliphatic rings. The molecule has 0 aliphatic heterocycles. The molecule has 1 aliphatic carbocycles. The number of carboxylic acids is 1. The number of amides is 1. The lowest BCUT2D eigenvalue weighted by Gasteiger charge is -2.28. The van der Waals surface area contributed by atoms with Gasteiger partial charge in [-0.15, -0.1) is 11.8 Å². The second-order valence-corrected chi connectivity index (χ2v) is 7.88. The van der Waals surface area contributed by atoms with Gasteiger partial charge in [-0.3, -0.25) is 9.59 Å². The van der Waals surface area contributed by atoms with Crippen LogP contribution < -0.4 is 5.32 Å². The topological polar surface area (TPSA) is 66.4 Å². The summed E-state index contributed by atoms with van der Waals surface area (Å²) in [6, 6.07) is 15.7. The molecule has 6 heteroatoms. The molecule has 4 nitrogen and oxygen atoms in total. The Morgan fingerprint density at radius 2 is 1.63 bits per heavy atom. The second kappa shape index (κ2) is 9.04. The minimum atomic E-state index is -0.767.